The number of anilines is 1. The fraction of sp³-hybridized carbons (Fsp3) is 0.333. The molecule has 0 fully saturated rings. The number of nitrogens with zero attached hydrogens (tertiary/aromatic N) is 1. The fourth-order valence-electron chi connectivity index (χ4n) is 3.18. The van der Waals surface area contributed by atoms with Gasteiger partial charge < -0.3 is 15.0 Å². The monoisotopic (exact) mass is 352 g/mol. The van der Waals surface area contributed by atoms with Crippen LogP contribution < -0.4 is 15.0 Å². The van der Waals surface area contributed by atoms with Crippen LogP contribution in [-0.2, 0) is 4.79 Å². The molecular formula is C21H24N2O3. The van der Waals surface area contributed by atoms with Crippen LogP contribution in [0.3, 0.4) is 0 Å². The zero-order chi connectivity index (χ0) is 18.7. The number of amides is 1. The van der Waals surface area contributed by atoms with Crippen LogP contribution in [0.4, 0.5) is 5.69 Å². The molecular weight excluding hydrogens is 328 g/mol. The van der Waals surface area contributed by atoms with E-state index in [0.717, 1.165) is 11.3 Å². The molecule has 1 heterocycles. The Bertz CT molecular complexity index is 804. The second-order valence-corrected chi connectivity index (χ2v) is 6.75. The molecule has 2 aromatic carbocycles. The van der Waals surface area contributed by atoms with Gasteiger partial charge >= 0.3 is 0 Å². The summed E-state index contributed by atoms with van der Waals surface area (Å²) in [5, 5.41) is 3.04. The Labute approximate surface area is 154 Å². The molecule has 1 amide bonds. The van der Waals surface area contributed by atoms with Crippen LogP contribution in [0.15, 0.2) is 48.5 Å². The van der Waals surface area contributed by atoms with Crippen LogP contribution >= 0.6 is 0 Å². The zero-order valence-electron chi connectivity index (χ0n) is 15.4. The molecule has 1 aliphatic heterocycles. The van der Waals surface area contributed by atoms with Crippen molar-refractivity contribution in [2.24, 2.45) is 0 Å². The molecule has 0 aromatic heterocycles. The quantitative estimate of drug-likeness (QED) is 0.839. The summed E-state index contributed by atoms with van der Waals surface area (Å²) < 4.78 is 5.84. The highest BCUT2D eigenvalue weighted by atomic mass is 16.5. The number of hydrogen-bond donors (Lipinski definition) is 1. The Kier molecular flexibility index (Phi) is 5.26. The average Bonchev–Trinajstić information content (AvgIpc) is 2.61. The SMILES string of the molecule is CC(=O)c1ccc2c(c1)N(CC(=O)NC(C)c1ccccc1)CC(C)O2. The van der Waals surface area contributed by atoms with Gasteiger partial charge in [-0.15, -0.1) is 0 Å². The standard InChI is InChI=1S/C21H24N2O3/c1-14-12-23(19-11-18(16(3)24)9-10-20(19)26-14)13-21(25)22-15(2)17-7-5-4-6-8-17/h4-11,14-15H,12-13H2,1-3H3,(H,22,25). The molecule has 0 radical (unpaired) electrons. The molecule has 5 nitrogen and oxygen atoms in total. The van der Waals surface area contributed by atoms with E-state index in [1.165, 1.54) is 6.92 Å². The van der Waals surface area contributed by atoms with Crippen LogP contribution in [0.25, 0.3) is 0 Å². The van der Waals surface area contributed by atoms with E-state index in [1.54, 1.807) is 18.2 Å². The number of nitrogens with one attached hydrogen (secondary N) is 1. The Balaban J connectivity index is 1.74. The molecule has 1 aliphatic rings. The van der Waals surface area contributed by atoms with E-state index in [-0.39, 0.29) is 30.4 Å². The summed E-state index contributed by atoms with van der Waals surface area (Å²) in [6.45, 7) is 6.30. The maximum absolute atomic E-state index is 12.6. The topological polar surface area (TPSA) is 58.6 Å². The minimum Gasteiger partial charge on any atom is -0.487 e. The van der Waals surface area contributed by atoms with Crippen LogP contribution in [-0.4, -0.2) is 30.9 Å². The Morgan fingerprint density at radius 3 is 2.65 bits per heavy atom. The minimum atomic E-state index is -0.0646. The normalized spacial score (nSPS) is 17.0. The van der Waals surface area contributed by atoms with Crippen molar-refractivity contribution in [1.82, 2.24) is 5.32 Å². The van der Waals surface area contributed by atoms with Crippen molar-refractivity contribution in [1.29, 1.82) is 0 Å². The lowest BCUT2D eigenvalue weighted by Crippen LogP contribution is -2.44. The number of ketones is 1. The van der Waals surface area contributed by atoms with Crippen molar-refractivity contribution in [2.75, 3.05) is 18.0 Å². The molecule has 2 atom stereocenters. The molecule has 0 saturated carbocycles. The first kappa shape index (κ1) is 18.0. The van der Waals surface area contributed by atoms with Gasteiger partial charge in [0.1, 0.15) is 11.9 Å². The van der Waals surface area contributed by atoms with Gasteiger partial charge in [-0.1, -0.05) is 30.3 Å². The van der Waals surface area contributed by atoms with Gasteiger partial charge in [0.05, 0.1) is 24.8 Å². The Hall–Kier alpha value is -2.82. The number of carbonyl (C=O) groups excluding carboxylic acids is 2. The van der Waals surface area contributed by atoms with E-state index in [4.69, 9.17) is 4.74 Å². The average molecular weight is 352 g/mol. The number of fused-ring (bicyclic) bond motifs is 1. The van der Waals surface area contributed by atoms with Gasteiger partial charge in [0, 0.05) is 5.56 Å². The van der Waals surface area contributed by atoms with Gasteiger partial charge in [0.2, 0.25) is 5.91 Å². The number of Topliss-reactive ketones (excluding diaryl/α,β-unsaturated/α-hetero) is 1. The largest absolute Gasteiger partial charge is 0.487 e. The molecule has 0 aliphatic carbocycles. The van der Waals surface area contributed by atoms with Crippen LogP contribution in [0.5, 0.6) is 5.75 Å². The van der Waals surface area contributed by atoms with Gasteiger partial charge in [-0.3, -0.25) is 9.59 Å². The molecule has 2 unspecified atom stereocenters. The zero-order valence-corrected chi connectivity index (χ0v) is 15.4. The highest BCUT2D eigenvalue weighted by Gasteiger charge is 2.25. The number of benzene rings is 2. The first-order valence-corrected chi connectivity index (χ1v) is 8.85. The van der Waals surface area contributed by atoms with Gasteiger partial charge in [-0.25, -0.2) is 0 Å². The number of hydrogen-bond acceptors (Lipinski definition) is 4. The van der Waals surface area contributed by atoms with Gasteiger partial charge in [0.25, 0.3) is 0 Å². The Morgan fingerprint density at radius 2 is 1.96 bits per heavy atom. The maximum Gasteiger partial charge on any atom is 0.239 e. The molecule has 3 rings (SSSR count). The second-order valence-electron chi connectivity index (χ2n) is 6.75. The van der Waals surface area contributed by atoms with Crippen LogP contribution in [0.2, 0.25) is 0 Å². The van der Waals surface area contributed by atoms with Gasteiger partial charge in [-0.05, 0) is 44.5 Å². The van der Waals surface area contributed by atoms with Gasteiger partial charge in [0.15, 0.2) is 5.78 Å². The van der Waals surface area contributed by atoms with E-state index in [1.807, 2.05) is 49.1 Å². The van der Waals surface area contributed by atoms with Crippen molar-refractivity contribution < 1.29 is 14.3 Å². The van der Waals surface area contributed by atoms with E-state index in [2.05, 4.69) is 5.32 Å². The lowest BCUT2D eigenvalue weighted by Gasteiger charge is -2.35. The number of rotatable bonds is 5. The molecule has 5 heteroatoms. The second kappa shape index (κ2) is 7.60. The highest BCUT2D eigenvalue weighted by molar-refractivity contribution is 5.96. The van der Waals surface area contributed by atoms with Crippen molar-refractivity contribution in [2.45, 2.75) is 32.9 Å². The predicted molar refractivity (Wildman–Crippen MR) is 102 cm³/mol. The van der Waals surface area contributed by atoms with E-state index >= 15 is 0 Å². The van der Waals surface area contributed by atoms with Crippen molar-refractivity contribution in [3.05, 3.63) is 59.7 Å². The van der Waals surface area contributed by atoms with E-state index in [0.29, 0.717) is 17.9 Å². The lowest BCUT2D eigenvalue weighted by molar-refractivity contribution is -0.120. The summed E-state index contributed by atoms with van der Waals surface area (Å²) in [7, 11) is 0. The summed E-state index contributed by atoms with van der Waals surface area (Å²) in [6, 6.07) is 15.2. The molecule has 0 spiro atoms. The van der Waals surface area contributed by atoms with Crippen molar-refractivity contribution in [3.63, 3.8) is 0 Å². The summed E-state index contributed by atoms with van der Waals surface area (Å²) in [4.78, 5) is 26.2. The maximum atomic E-state index is 12.6. The molecule has 26 heavy (non-hydrogen) atoms. The van der Waals surface area contributed by atoms with Gasteiger partial charge in [-0.2, -0.15) is 0 Å². The smallest absolute Gasteiger partial charge is 0.239 e. The summed E-state index contributed by atoms with van der Waals surface area (Å²) in [6.07, 6.45) is -0.0231. The third kappa shape index (κ3) is 4.04. The summed E-state index contributed by atoms with van der Waals surface area (Å²) in [5.41, 5.74) is 2.47. The first-order valence-electron chi connectivity index (χ1n) is 8.85. The van der Waals surface area contributed by atoms with E-state index in [9.17, 15) is 9.59 Å². The first-order chi connectivity index (χ1) is 12.4. The van der Waals surface area contributed by atoms with Crippen LogP contribution in [0, 0.1) is 0 Å². The number of ether oxygens (including phenoxy) is 1. The predicted octanol–water partition coefficient (Wildman–Crippen LogP) is 3.35. The summed E-state index contributed by atoms with van der Waals surface area (Å²) in [5.74, 6) is 0.640. The molecule has 2 aromatic rings. The minimum absolute atomic E-state index is 0.00600. The van der Waals surface area contributed by atoms with Crippen LogP contribution in [0.1, 0.15) is 42.7 Å². The molecule has 0 saturated heterocycles. The molecule has 1 N–H and O–H groups in total. The third-order valence-corrected chi connectivity index (χ3v) is 4.52. The Morgan fingerprint density at radius 1 is 1.23 bits per heavy atom. The molecule has 136 valence electrons. The van der Waals surface area contributed by atoms with Crippen molar-refractivity contribution >= 4 is 17.4 Å². The summed E-state index contributed by atoms with van der Waals surface area (Å²) >= 11 is 0. The van der Waals surface area contributed by atoms with Crippen molar-refractivity contribution in [3.8, 4) is 5.75 Å². The highest BCUT2D eigenvalue weighted by Crippen LogP contribution is 2.34. The third-order valence-electron chi connectivity index (χ3n) is 4.52. The van der Waals surface area contributed by atoms with E-state index < -0.39 is 0 Å². The fourth-order valence-corrected chi connectivity index (χ4v) is 3.18. The number of carbonyl (C=O) groups is 2. The molecule has 0 bridgehead atoms. The lowest BCUT2D eigenvalue weighted by atomic mass is 10.1.